The first-order valence-electron chi connectivity index (χ1n) is 9.22. The van der Waals surface area contributed by atoms with Crippen LogP contribution in [0.5, 0.6) is 0 Å². The van der Waals surface area contributed by atoms with E-state index in [4.69, 9.17) is 9.47 Å². The Morgan fingerprint density at radius 3 is 1.62 bits per heavy atom. The summed E-state index contributed by atoms with van der Waals surface area (Å²) in [6, 6.07) is 0. The molecular formula is C21H21NO7. The summed E-state index contributed by atoms with van der Waals surface area (Å²) < 4.78 is 9.81. The van der Waals surface area contributed by atoms with E-state index < -0.39 is 36.1 Å². The fraction of sp³-hybridized carbons (Fsp3) is 0.381. The van der Waals surface area contributed by atoms with Crippen LogP contribution >= 0.6 is 0 Å². The van der Waals surface area contributed by atoms with Gasteiger partial charge in [0, 0.05) is 0 Å². The third-order valence-electron chi connectivity index (χ3n) is 5.08. The minimum Gasteiger partial charge on any atom is -0.465 e. The highest BCUT2D eigenvalue weighted by Crippen LogP contribution is 2.37. The zero-order valence-corrected chi connectivity index (χ0v) is 16.5. The van der Waals surface area contributed by atoms with Crippen LogP contribution in [0.4, 0.5) is 0 Å². The van der Waals surface area contributed by atoms with Crippen LogP contribution in [0.25, 0.3) is 0 Å². The van der Waals surface area contributed by atoms with Gasteiger partial charge in [0.2, 0.25) is 0 Å². The summed E-state index contributed by atoms with van der Waals surface area (Å²) in [5.41, 5.74) is 0.616. The zero-order chi connectivity index (χ0) is 21.3. The molecule has 152 valence electrons. The van der Waals surface area contributed by atoms with Crippen molar-refractivity contribution >= 4 is 29.5 Å². The summed E-state index contributed by atoms with van der Waals surface area (Å²) in [6.45, 7) is 0.802. The normalized spacial score (nSPS) is 16.4. The summed E-state index contributed by atoms with van der Waals surface area (Å²) in [5.74, 6) is -3.49. The summed E-state index contributed by atoms with van der Waals surface area (Å²) in [6.07, 6.45) is 5.89. The van der Waals surface area contributed by atoms with Gasteiger partial charge in [-0.15, -0.1) is 0 Å². The Bertz CT molecular complexity index is 905. The van der Waals surface area contributed by atoms with Gasteiger partial charge in [-0.25, -0.2) is 9.59 Å². The van der Waals surface area contributed by atoms with Gasteiger partial charge < -0.3 is 9.47 Å². The second-order valence-corrected chi connectivity index (χ2v) is 6.89. The van der Waals surface area contributed by atoms with E-state index in [1.54, 1.807) is 0 Å². The number of nitrogens with zero attached hydrogens (tertiary/aromatic N) is 1. The minimum atomic E-state index is -0.786. The topological polar surface area (TPSA) is 107 Å². The van der Waals surface area contributed by atoms with Crippen molar-refractivity contribution in [2.24, 2.45) is 0 Å². The van der Waals surface area contributed by atoms with Crippen LogP contribution in [0, 0.1) is 0 Å². The first kappa shape index (κ1) is 20.4. The number of fused-ring (bicyclic) bond motifs is 2. The molecule has 0 radical (unpaired) electrons. The van der Waals surface area contributed by atoms with Gasteiger partial charge in [-0.2, -0.15) is 0 Å². The summed E-state index contributed by atoms with van der Waals surface area (Å²) in [5, 5.41) is 0. The largest absolute Gasteiger partial charge is 0.465 e. The number of amides is 2. The van der Waals surface area contributed by atoms with Crippen molar-refractivity contribution in [3.05, 3.63) is 45.5 Å². The molecule has 8 nitrogen and oxygen atoms in total. The fourth-order valence-corrected chi connectivity index (χ4v) is 3.91. The van der Waals surface area contributed by atoms with E-state index in [-0.39, 0.29) is 22.3 Å². The molecule has 0 fully saturated rings. The number of carbonyl (C=O) groups is 5. The van der Waals surface area contributed by atoms with Crippen LogP contribution in [-0.4, -0.2) is 55.2 Å². The van der Waals surface area contributed by atoms with Gasteiger partial charge in [0.25, 0.3) is 11.8 Å². The molecule has 0 aromatic heterocycles. The molecule has 2 amide bonds. The fourth-order valence-electron chi connectivity index (χ4n) is 3.91. The highest BCUT2D eigenvalue weighted by Gasteiger charge is 2.45. The van der Waals surface area contributed by atoms with Gasteiger partial charge in [0.15, 0.2) is 0 Å². The molecule has 0 saturated carbocycles. The van der Waals surface area contributed by atoms with E-state index >= 15 is 0 Å². The predicted molar refractivity (Wildman–Crippen MR) is 101 cm³/mol. The molecular weight excluding hydrogens is 378 g/mol. The van der Waals surface area contributed by atoms with Gasteiger partial charge in [0.1, 0.15) is 5.78 Å². The standard InChI is InChI=1S/C21H21NO7/c1-11(23)10-22-18(24)16-14(20(26)28-2)12-8-6-4-5-7-9-13(12)15(21(27)29-3)17(16)19(22)25/h4-5H,6-10H2,1-3H3/b5-4+. The molecule has 0 bridgehead atoms. The van der Waals surface area contributed by atoms with E-state index in [0.29, 0.717) is 36.8 Å². The SMILES string of the molecule is COC(=O)c1c2c(c(C(=O)OC)c3c1C(=O)N(CC(C)=O)C3=O)CC/C=C/CC2. The lowest BCUT2D eigenvalue weighted by Crippen LogP contribution is -2.34. The van der Waals surface area contributed by atoms with Crippen LogP contribution in [0.3, 0.4) is 0 Å². The Kier molecular flexibility index (Phi) is 5.63. The van der Waals surface area contributed by atoms with Crippen molar-refractivity contribution in [3.63, 3.8) is 0 Å². The van der Waals surface area contributed by atoms with Crippen LogP contribution in [0.1, 0.15) is 72.3 Å². The monoisotopic (exact) mass is 399 g/mol. The van der Waals surface area contributed by atoms with Gasteiger partial charge in [-0.05, 0) is 43.7 Å². The third kappa shape index (κ3) is 3.35. The Labute approximate surface area is 167 Å². The second-order valence-electron chi connectivity index (χ2n) is 6.89. The maximum absolute atomic E-state index is 13.1. The molecule has 3 rings (SSSR count). The number of ketones is 1. The molecule has 0 saturated heterocycles. The number of allylic oxidation sites excluding steroid dienone is 2. The number of benzene rings is 1. The minimum absolute atomic E-state index is 0.00939. The Morgan fingerprint density at radius 1 is 0.862 bits per heavy atom. The molecule has 1 aromatic carbocycles. The number of methoxy groups -OCH3 is 2. The van der Waals surface area contributed by atoms with Crippen molar-refractivity contribution in [3.8, 4) is 0 Å². The lowest BCUT2D eigenvalue weighted by atomic mass is 9.82. The molecule has 29 heavy (non-hydrogen) atoms. The third-order valence-corrected chi connectivity index (χ3v) is 5.08. The number of imide groups is 1. The van der Waals surface area contributed by atoms with Gasteiger partial charge in [0.05, 0.1) is 43.0 Å². The molecule has 0 spiro atoms. The Morgan fingerprint density at radius 2 is 1.28 bits per heavy atom. The van der Waals surface area contributed by atoms with Crippen LogP contribution in [0.2, 0.25) is 0 Å². The Balaban J connectivity index is 2.41. The number of hydrogen-bond acceptors (Lipinski definition) is 7. The summed E-state index contributed by atoms with van der Waals surface area (Å²) >= 11 is 0. The van der Waals surface area contributed by atoms with Gasteiger partial charge in [-0.3, -0.25) is 19.3 Å². The van der Waals surface area contributed by atoms with Gasteiger partial charge in [-0.1, -0.05) is 12.2 Å². The Hall–Kier alpha value is -3.29. The number of rotatable bonds is 4. The molecule has 0 unspecified atom stereocenters. The van der Waals surface area contributed by atoms with Crippen LogP contribution < -0.4 is 0 Å². The molecule has 2 aliphatic rings. The van der Waals surface area contributed by atoms with Crippen molar-refractivity contribution in [1.82, 2.24) is 4.90 Å². The molecule has 1 heterocycles. The van der Waals surface area contributed by atoms with Crippen molar-refractivity contribution in [2.75, 3.05) is 20.8 Å². The highest BCUT2D eigenvalue weighted by atomic mass is 16.5. The van der Waals surface area contributed by atoms with E-state index in [0.717, 1.165) is 4.90 Å². The van der Waals surface area contributed by atoms with Crippen LogP contribution in [-0.2, 0) is 27.1 Å². The zero-order valence-electron chi connectivity index (χ0n) is 16.5. The molecule has 0 N–H and O–H groups in total. The predicted octanol–water partition coefficient (Wildman–Crippen LogP) is 1.88. The maximum atomic E-state index is 13.1. The number of carbonyl (C=O) groups excluding carboxylic acids is 5. The number of hydrogen-bond donors (Lipinski definition) is 0. The first-order chi connectivity index (χ1) is 13.8. The maximum Gasteiger partial charge on any atom is 0.338 e. The molecule has 1 aliphatic heterocycles. The van der Waals surface area contributed by atoms with Crippen LogP contribution in [0.15, 0.2) is 12.2 Å². The molecule has 0 atom stereocenters. The lowest BCUT2D eigenvalue weighted by molar-refractivity contribution is -0.117. The lowest BCUT2D eigenvalue weighted by Gasteiger charge is -2.20. The van der Waals surface area contributed by atoms with E-state index in [9.17, 15) is 24.0 Å². The van der Waals surface area contributed by atoms with E-state index in [2.05, 4.69) is 0 Å². The molecule has 1 aromatic rings. The molecule has 8 heteroatoms. The quantitative estimate of drug-likeness (QED) is 0.432. The smallest absolute Gasteiger partial charge is 0.338 e. The van der Waals surface area contributed by atoms with Gasteiger partial charge >= 0.3 is 11.9 Å². The van der Waals surface area contributed by atoms with Crippen molar-refractivity contribution in [2.45, 2.75) is 32.6 Å². The summed E-state index contributed by atoms with van der Waals surface area (Å²) in [7, 11) is 2.37. The summed E-state index contributed by atoms with van der Waals surface area (Å²) in [4.78, 5) is 63.8. The molecule has 1 aliphatic carbocycles. The average molecular weight is 399 g/mol. The second kappa shape index (κ2) is 7.98. The van der Waals surface area contributed by atoms with Crippen molar-refractivity contribution in [1.29, 1.82) is 0 Å². The highest BCUT2D eigenvalue weighted by molar-refractivity contribution is 6.28. The number of esters is 2. The number of ether oxygens (including phenoxy) is 2. The first-order valence-corrected chi connectivity index (χ1v) is 9.22. The van der Waals surface area contributed by atoms with E-state index in [1.807, 2.05) is 12.2 Å². The van der Waals surface area contributed by atoms with Crippen molar-refractivity contribution < 1.29 is 33.4 Å². The average Bonchev–Trinajstić information content (AvgIpc) is 2.90. The number of Topliss-reactive ketones (excluding diaryl/α,β-unsaturated/α-hetero) is 1. The van der Waals surface area contributed by atoms with E-state index in [1.165, 1.54) is 21.1 Å².